The Hall–Kier alpha value is -0.610. The number of amides is 1. The van der Waals surface area contributed by atoms with Gasteiger partial charge in [0.25, 0.3) is 0 Å². The number of nitrogens with one attached hydrogen (secondary N) is 1. The van der Waals surface area contributed by atoms with Crippen LogP contribution in [-0.2, 0) is 4.79 Å². The quantitative estimate of drug-likeness (QED) is 0.448. The van der Waals surface area contributed by atoms with Gasteiger partial charge in [0.15, 0.2) is 0 Å². The molecule has 1 fully saturated rings. The molecule has 0 spiro atoms. The molecule has 1 heterocycles. The average Bonchev–Trinajstić information content (AvgIpc) is 2.61. The third kappa shape index (κ3) is 4.94. The van der Waals surface area contributed by atoms with Crippen LogP contribution in [0.5, 0.6) is 0 Å². The van der Waals surface area contributed by atoms with E-state index in [9.17, 15) is 4.79 Å². The second-order valence-electron chi connectivity index (χ2n) is 5.93. The fourth-order valence-electron chi connectivity index (χ4n) is 2.85. The van der Waals surface area contributed by atoms with E-state index in [1.54, 1.807) is 0 Å². The van der Waals surface area contributed by atoms with Crippen LogP contribution < -0.4 is 11.3 Å². The third-order valence-corrected chi connectivity index (χ3v) is 4.32. The van der Waals surface area contributed by atoms with Crippen molar-refractivity contribution in [2.24, 2.45) is 17.7 Å². The molecular formula is C14H29N3O. The number of carbonyl (C=O) groups is 1. The summed E-state index contributed by atoms with van der Waals surface area (Å²) in [6.07, 6.45) is 5.36. The van der Waals surface area contributed by atoms with Crippen LogP contribution >= 0.6 is 0 Å². The monoisotopic (exact) mass is 255 g/mol. The van der Waals surface area contributed by atoms with Crippen molar-refractivity contribution in [1.82, 2.24) is 10.3 Å². The van der Waals surface area contributed by atoms with Crippen molar-refractivity contribution >= 4 is 5.91 Å². The Balaban J connectivity index is 2.35. The van der Waals surface area contributed by atoms with Crippen LogP contribution in [0.2, 0.25) is 0 Å². The highest BCUT2D eigenvalue weighted by molar-refractivity contribution is 5.75. The maximum atomic E-state index is 11.2. The Labute approximate surface area is 111 Å². The molecule has 2 atom stereocenters. The second kappa shape index (κ2) is 7.74. The van der Waals surface area contributed by atoms with Crippen LogP contribution in [-0.4, -0.2) is 29.9 Å². The molecule has 1 aliphatic rings. The number of hydrogen-bond acceptors (Lipinski definition) is 3. The van der Waals surface area contributed by atoms with E-state index >= 15 is 0 Å². The van der Waals surface area contributed by atoms with Gasteiger partial charge in [-0.1, -0.05) is 13.8 Å². The Morgan fingerprint density at radius 3 is 2.67 bits per heavy atom. The van der Waals surface area contributed by atoms with Gasteiger partial charge < -0.3 is 4.90 Å². The first kappa shape index (κ1) is 15.4. The van der Waals surface area contributed by atoms with Gasteiger partial charge in [0.1, 0.15) is 0 Å². The SMILES string of the molecule is CC(C)C1CCCN(C(C)CCC(=O)NN)CC1. The summed E-state index contributed by atoms with van der Waals surface area (Å²) in [4.78, 5) is 13.7. The number of hydrazine groups is 1. The summed E-state index contributed by atoms with van der Waals surface area (Å²) in [5.41, 5.74) is 2.20. The smallest absolute Gasteiger partial charge is 0.233 e. The molecule has 3 N–H and O–H groups in total. The first-order valence-electron chi connectivity index (χ1n) is 7.28. The highest BCUT2D eigenvalue weighted by Crippen LogP contribution is 2.25. The molecule has 1 amide bonds. The van der Waals surface area contributed by atoms with Gasteiger partial charge in [0.05, 0.1) is 0 Å². The van der Waals surface area contributed by atoms with E-state index in [-0.39, 0.29) is 5.91 Å². The lowest BCUT2D eigenvalue weighted by molar-refractivity contribution is -0.121. The minimum atomic E-state index is -0.0586. The number of rotatable bonds is 5. The molecule has 1 saturated heterocycles. The van der Waals surface area contributed by atoms with E-state index in [2.05, 4.69) is 31.1 Å². The average molecular weight is 255 g/mol. The normalized spacial score (nSPS) is 23.7. The number of nitrogens with zero attached hydrogens (tertiary/aromatic N) is 1. The summed E-state index contributed by atoms with van der Waals surface area (Å²) < 4.78 is 0. The van der Waals surface area contributed by atoms with E-state index < -0.39 is 0 Å². The van der Waals surface area contributed by atoms with Gasteiger partial charge in [-0.15, -0.1) is 0 Å². The molecule has 1 aliphatic heterocycles. The molecule has 1 rings (SSSR count). The highest BCUT2D eigenvalue weighted by Gasteiger charge is 2.22. The van der Waals surface area contributed by atoms with E-state index in [0.29, 0.717) is 12.5 Å². The molecule has 0 aromatic heterocycles. The van der Waals surface area contributed by atoms with Crippen molar-refractivity contribution in [2.75, 3.05) is 13.1 Å². The van der Waals surface area contributed by atoms with E-state index in [0.717, 1.165) is 18.3 Å². The van der Waals surface area contributed by atoms with Crippen LogP contribution in [0.4, 0.5) is 0 Å². The molecular weight excluding hydrogens is 226 g/mol. The molecule has 4 nitrogen and oxygen atoms in total. The maximum absolute atomic E-state index is 11.2. The molecule has 4 heteroatoms. The zero-order valence-electron chi connectivity index (χ0n) is 12.1. The standard InChI is InChI=1S/C14H29N3O/c1-11(2)13-5-4-9-17(10-8-13)12(3)6-7-14(18)16-15/h11-13H,4-10,15H2,1-3H3,(H,16,18). The molecule has 0 saturated carbocycles. The van der Waals surface area contributed by atoms with Crippen molar-refractivity contribution in [3.8, 4) is 0 Å². The zero-order chi connectivity index (χ0) is 13.5. The summed E-state index contributed by atoms with van der Waals surface area (Å²) in [5.74, 6) is 6.71. The Kier molecular flexibility index (Phi) is 6.65. The lowest BCUT2D eigenvalue weighted by atomic mass is 9.89. The molecule has 0 aromatic carbocycles. The predicted octanol–water partition coefficient (Wildman–Crippen LogP) is 1.90. The number of likely N-dealkylation sites (tertiary alicyclic amines) is 1. The van der Waals surface area contributed by atoms with Crippen molar-refractivity contribution in [1.29, 1.82) is 0 Å². The molecule has 106 valence electrons. The van der Waals surface area contributed by atoms with Gasteiger partial charge in [0, 0.05) is 12.5 Å². The second-order valence-corrected chi connectivity index (χ2v) is 5.93. The van der Waals surface area contributed by atoms with Crippen molar-refractivity contribution < 1.29 is 4.79 Å². The largest absolute Gasteiger partial charge is 0.301 e. The van der Waals surface area contributed by atoms with Gasteiger partial charge in [-0.25, -0.2) is 5.84 Å². The molecule has 0 radical (unpaired) electrons. The Bertz CT molecular complexity index is 255. The first-order valence-corrected chi connectivity index (χ1v) is 7.28. The van der Waals surface area contributed by atoms with E-state index in [1.807, 2.05) is 0 Å². The van der Waals surface area contributed by atoms with Gasteiger partial charge in [0.2, 0.25) is 5.91 Å². The lowest BCUT2D eigenvalue weighted by Gasteiger charge is -2.27. The van der Waals surface area contributed by atoms with Crippen molar-refractivity contribution in [2.45, 2.75) is 58.9 Å². The topological polar surface area (TPSA) is 58.4 Å². The maximum Gasteiger partial charge on any atom is 0.233 e. The predicted molar refractivity (Wildman–Crippen MR) is 74.8 cm³/mol. The first-order chi connectivity index (χ1) is 8.54. The van der Waals surface area contributed by atoms with Crippen LogP contribution in [0.3, 0.4) is 0 Å². The number of nitrogens with two attached hydrogens (primary N) is 1. The Morgan fingerprint density at radius 2 is 2.06 bits per heavy atom. The van der Waals surface area contributed by atoms with E-state index in [4.69, 9.17) is 5.84 Å². The third-order valence-electron chi connectivity index (χ3n) is 4.32. The minimum Gasteiger partial charge on any atom is -0.301 e. The van der Waals surface area contributed by atoms with Gasteiger partial charge in [-0.3, -0.25) is 10.2 Å². The number of carbonyl (C=O) groups excluding carboxylic acids is 1. The van der Waals surface area contributed by atoms with Gasteiger partial charge in [-0.05, 0) is 57.5 Å². The van der Waals surface area contributed by atoms with Crippen LogP contribution in [0.1, 0.15) is 52.9 Å². The molecule has 0 bridgehead atoms. The Morgan fingerprint density at radius 1 is 1.33 bits per heavy atom. The summed E-state index contributed by atoms with van der Waals surface area (Å²) in [6, 6.07) is 0.480. The fraction of sp³-hybridized carbons (Fsp3) is 0.929. The van der Waals surface area contributed by atoms with Crippen molar-refractivity contribution in [3.05, 3.63) is 0 Å². The molecule has 0 aliphatic carbocycles. The van der Waals surface area contributed by atoms with E-state index in [1.165, 1.54) is 32.4 Å². The summed E-state index contributed by atoms with van der Waals surface area (Å²) in [5, 5.41) is 0. The van der Waals surface area contributed by atoms with Gasteiger partial charge in [-0.2, -0.15) is 0 Å². The van der Waals surface area contributed by atoms with Gasteiger partial charge >= 0.3 is 0 Å². The van der Waals surface area contributed by atoms with Crippen LogP contribution in [0.15, 0.2) is 0 Å². The molecule has 18 heavy (non-hydrogen) atoms. The molecule has 0 aromatic rings. The summed E-state index contributed by atoms with van der Waals surface area (Å²) >= 11 is 0. The molecule has 2 unspecified atom stereocenters. The summed E-state index contributed by atoms with van der Waals surface area (Å²) in [7, 11) is 0. The van der Waals surface area contributed by atoms with Crippen LogP contribution in [0.25, 0.3) is 0 Å². The van der Waals surface area contributed by atoms with Crippen molar-refractivity contribution in [3.63, 3.8) is 0 Å². The lowest BCUT2D eigenvalue weighted by Crippen LogP contribution is -2.36. The number of hydrogen-bond donors (Lipinski definition) is 2. The minimum absolute atomic E-state index is 0.0586. The summed E-state index contributed by atoms with van der Waals surface area (Å²) in [6.45, 7) is 9.23. The zero-order valence-corrected chi connectivity index (χ0v) is 12.1. The highest BCUT2D eigenvalue weighted by atomic mass is 16.2. The fourth-order valence-corrected chi connectivity index (χ4v) is 2.85. The van der Waals surface area contributed by atoms with Crippen LogP contribution in [0, 0.1) is 11.8 Å².